The molecule has 3 rings (SSSR count). The minimum absolute atomic E-state index is 0.108. The molecule has 30 heavy (non-hydrogen) atoms. The van der Waals surface area contributed by atoms with Crippen LogP contribution in [-0.4, -0.2) is 0 Å². The van der Waals surface area contributed by atoms with Crippen LogP contribution in [0.4, 0.5) is 0 Å². The standard InChI is InChI=1S/C30H40/c1-18(2)22-15-25(19(3)4)29(26(16-22)20(5)6)27-17-28(30(8,9)10)21(7)23-13-11-12-14-24(23)27/h11-20H,1-10H3. The molecule has 160 valence electrons. The summed E-state index contributed by atoms with van der Waals surface area (Å²) < 4.78 is 0. The van der Waals surface area contributed by atoms with E-state index in [0.29, 0.717) is 17.8 Å². The monoisotopic (exact) mass is 400 g/mol. The minimum atomic E-state index is 0.108. The van der Waals surface area contributed by atoms with Crippen molar-refractivity contribution < 1.29 is 0 Å². The van der Waals surface area contributed by atoms with Crippen molar-refractivity contribution >= 4 is 10.8 Å². The second-order valence-corrected chi connectivity index (χ2v) is 10.9. The van der Waals surface area contributed by atoms with Gasteiger partial charge in [-0.2, -0.15) is 0 Å². The van der Waals surface area contributed by atoms with Crippen LogP contribution < -0.4 is 0 Å². The summed E-state index contributed by atoms with van der Waals surface area (Å²) in [5.41, 5.74) is 10.3. The molecule has 0 aliphatic heterocycles. The molecule has 3 aromatic carbocycles. The SMILES string of the molecule is Cc1c(C(C)(C)C)cc(-c2c(C(C)C)cc(C(C)C)cc2C(C)C)c2ccccc12. The van der Waals surface area contributed by atoms with Gasteiger partial charge in [0, 0.05) is 0 Å². The Kier molecular flexibility index (Phi) is 6.19. The third-order valence-corrected chi connectivity index (χ3v) is 6.52. The Morgan fingerprint density at radius 1 is 0.667 bits per heavy atom. The Balaban J connectivity index is 2.53. The maximum atomic E-state index is 2.50. The molecule has 0 atom stereocenters. The molecule has 0 unspecified atom stereocenters. The first-order valence-corrected chi connectivity index (χ1v) is 11.6. The van der Waals surface area contributed by atoms with Crippen molar-refractivity contribution in [3.05, 3.63) is 70.3 Å². The second kappa shape index (κ2) is 8.22. The molecule has 0 saturated heterocycles. The minimum Gasteiger partial charge on any atom is -0.0616 e. The molecule has 0 spiro atoms. The molecule has 0 amide bonds. The number of fused-ring (bicyclic) bond motifs is 1. The van der Waals surface area contributed by atoms with Crippen molar-refractivity contribution in [2.45, 2.75) is 92.4 Å². The van der Waals surface area contributed by atoms with E-state index < -0.39 is 0 Å². The van der Waals surface area contributed by atoms with Crippen molar-refractivity contribution in [2.24, 2.45) is 0 Å². The Labute approximate surface area is 184 Å². The van der Waals surface area contributed by atoms with Crippen LogP contribution in [0.5, 0.6) is 0 Å². The average Bonchev–Trinajstić information content (AvgIpc) is 2.66. The molecule has 0 aliphatic carbocycles. The molecule has 0 nitrogen and oxygen atoms in total. The first-order chi connectivity index (χ1) is 13.9. The molecule has 0 fully saturated rings. The fraction of sp³-hybridized carbons (Fsp3) is 0.467. The van der Waals surface area contributed by atoms with Gasteiger partial charge in [-0.25, -0.2) is 0 Å². The van der Waals surface area contributed by atoms with Gasteiger partial charge in [-0.15, -0.1) is 0 Å². The zero-order valence-electron chi connectivity index (χ0n) is 20.8. The molecule has 0 radical (unpaired) electrons. The summed E-state index contributed by atoms with van der Waals surface area (Å²) in [6.07, 6.45) is 0. The van der Waals surface area contributed by atoms with Crippen LogP contribution in [0.25, 0.3) is 21.9 Å². The van der Waals surface area contributed by atoms with E-state index in [0.717, 1.165) is 0 Å². The van der Waals surface area contributed by atoms with Crippen molar-refractivity contribution in [1.82, 2.24) is 0 Å². The van der Waals surface area contributed by atoms with Gasteiger partial charge in [0.25, 0.3) is 0 Å². The lowest BCUT2D eigenvalue weighted by Gasteiger charge is -2.28. The van der Waals surface area contributed by atoms with Crippen LogP contribution >= 0.6 is 0 Å². The Morgan fingerprint density at radius 2 is 1.17 bits per heavy atom. The maximum absolute atomic E-state index is 2.50. The highest BCUT2D eigenvalue weighted by atomic mass is 14.3. The van der Waals surface area contributed by atoms with Gasteiger partial charge < -0.3 is 0 Å². The smallest absolute Gasteiger partial charge is 0.00965 e. The number of rotatable bonds is 4. The quantitative estimate of drug-likeness (QED) is 0.409. The van der Waals surface area contributed by atoms with Gasteiger partial charge in [0.05, 0.1) is 0 Å². The van der Waals surface area contributed by atoms with Gasteiger partial charge in [-0.3, -0.25) is 0 Å². The predicted molar refractivity (Wildman–Crippen MR) is 135 cm³/mol. The lowest BCUT2D eigenvalue weighted by Crippen LogP contribution is -2.14. The molecule has 0 saturated carbocycles. The third-order valence-electron chi connectivity index (χ3n) is 6.52. The molecule has 0 aliphatic rings. The van der Waals surface area contributed by atoms with Gasteiger partial charge in [-0.1, -0.05) is 98.7 Å². The Bertz CT molecular complexity index is 1030. The van der Waals surface area contributed by atoms with Crippen LogP contribution in [0.15, 0.2) is 42.5 Å². The van der Waals surface area contributed by atoms with E-state index >= 15 is 0 Å². The number of hydrogen-bond donors (Lipinski definition) is 0. The van der Waals surface area contributed by atoms with Crippen LogP contribution in [0.1, 0.15) is 108 Å². The van der Waals surface area contributed by atoms with Crippen LogP contribution in [-0.2, 0) is 5.41 Å². The van der Waals surface area contributed by atoms with Crippen molar-refractivity contribution in [3.63, 3.8) is 0 Å². The van der Waals surface area contributed by atoms with Crippen molar-refractivity contribution in [3.8, 4) is 11.1 Å². The normalized spacial score (nSPS) is 12.6. The largest absolute Gasteiger partial charge is 0.0616 e. The van der Waals surface area contributed by atoms with Crippen molar-refractivity contribution in [2.75, 3.05) is 0 Å². The van der Waals surface area contributed by atoms with E-state index in [2.05, 4.69) is 112 Å². The Morgan fingerprint density at radius 3 is 1.60 bits per heavy atom. The highest BCUT2D eigenvalue weighted by Crippen LogP contribution is 2.44. The lowest BCUT2D eigenvalue weighted by atomic mass is 9.76. The summed E-state index contributed by atoms with van der Waals surface area (Å²) in [6.45, 7) is 23.3. The van der Waals surface area contributed by atoms with Crippen molar-refractivity contribution in [1.29, 1.82) is 0 Å². The van der Waals surface area contributed by atoms with Crippen LogP contribution in [0.2, 0.25) is 0 Å². The summed E-state index contributed by atoms with van der Waals surface area (Å²) in [4.78, 5) is 0. The van der Waals surface area contributed by atoms with E-state index in [1.807, 2.05) is 0 Å². The van der Waals surface area contributed by atoms with Gasteiger partial charge in [0.2, 0.25) is 0 Å². The molecular weight excluding hydrogens is 360 g/mol. The van der Waals surface area contributed by atoms with Gasteiger partial charge in [0.15, 0.2) is 0 Å². The summed E-state index contributed by atoms with van der Waals surface area (Å²) in [5.74, 6) is 1.50. The van der Waals surface area contributed by atoms with E-state index in [-0.39, 0.29) is 5.41 Å². The predicted octanol–water partition coefficient (Wildman–Crippen LogP) is 9.48. The summed E-state index contributed by atoms with van der Waals surface area (Å²) in [5, 5.41) is 2.77. The fourth-order valence-electron chi connectivity index (χ4n) is 4.77. The molecule has 3 aromatic rings. The van der Waals surface area contributed by atoms with E-state index in [1.165, 1.54) is 49.7 Å². The summed E-state index contributed by atoms with van der Waals surface area (Å²) in [7, 11) is 0. The molecule has 0 N–H and O–H groups in total. The first kappa shape index (κ1) is 22.6. The molecule has 0 heterocycles. The summed E-state index contributed by atoms with van der Waals surface area (Å²) in [6, 6.07) is 16.4. The highest BCUT2D eigenvalue weighted by Gasteiger charge is 2.24. The summed E-state index contributed by atoms with van der Waals surface area (Å²) >= 11 is 0. The van der Waals surface area contributed by atoms with Crippen LogP contribution in [0.3, 0.4) is 0 Å². The van der Waals surface area contributed by atoms with Crippen LogP contribution in [0, 0.1) is 6.92 Å². The zero-order valence-corrected chi connectivity index (χ0v) is 20.8. The fourth-order valence-corrected chi connectivity index (χ4v) is 4.77. The number of aryl methyl sites for hydroxylation is 1. The second-order valence-electron chi connectivity index (χ2n) is 10.9. The topological polar surface area (TPSA) is 0 Å². The Hall–Kier alpha value is -2.08. The van der Waals surface area contributed by atoms with E-state index in [9.17, 15) is 0 Å². The van der Waals surface area contributed by atoms with Gasteiger partial charge in [0.1, 0.15) is 0 Å². The number of hydrogen-bond acceptors (Lipinski definition) is 0. The number of benzene rings is 3. The molecule has 0 aromatic heterocycles. The molecule has 0 heteroatoms. The molecular formula is C30H40. The lowest BCUT2D eigenvalue weighted by molar-refractivity contribution is 0.587. The van der Waals surface area contributed by atoms with E-state index in [1.54, 1.807) is 0 Å². The maximum Gasteiger partial charge on any atom is -0.00965 e. The van der Waals surface area contributed by atoms with Gasteiger partial charge in [-0.05, 0) is 85.9 Å². The average molecular weight is 401 g/mol. The first-order valence-electron chi connectivity index (χ1n) is 11.6. The third kappa shape index (κ3) is 4.07. The van der Waals surface area contributed by atoms with Gasteiger partial charge >= 0.3 is 0 Å². The molecule has 0 bridgehead atoms. The highest BCUT2D eigenvalue weighted by molar-refractivity contribution is 6.01. The zero-order chi connectivity index (χ0) is 22.4. The van der Waals surface area contributed by atoms with E-state index in [4.69, 9.17) is 0 Å².